The molecule has 0 aliphatic carbocycles. The maximum atomic E-state index is 13.7. The minimum atomic E-state index is -0.467. The highest BCUT2D eigenvalue weighted by Crippen LogP contribution is 2.23. The molecule has 0 amide bonds. The van der Waals surface area contributed by atoms with E-state index in [2.05, 4.69) is 4.99 Å². The van der Waals surface area contributed by atoms with Gasteiger partial charge in [-0.05, 0) is 37.1 Å². The number of nitrogens with two attached hydrogens (primary N) is 2. The molecule has 0 heterocycles. The molecule has 0 saturated carbocycles. The minimum absolute atomic E-state index is 0.192. The molecule has 4 N–H and O–H groups in total. The van der Waals surface area contributed by atoms with Crippen LogP contribution in [0.3, 0.4) is 0 Å². The maximum absolute atomic E-state index is 13.7. The first-order chi connectivity index (χ1) is 9.12. The van der Waals surface area contributed by atoms with Gasteiger partial charge < -0.3 is 16.2 Å². The van der Waals surface area contributed by atoms with E-state index >= 15 is 0 Å². The molecule has 1 rings (SSSR count). The van der Waals surface area contributed by atoms with Gasteiger partial charge in [-0.3, -0.25) is 0 Å². The van der Waals surface area contributed by atoms with Crippen LogP contribution in [-0.4, -0.2) is 19.5 Å². The second kappa shape index (κ2) is 7.53. The molecule has 0 atom stereocenters. The molecule has 0 aromatic heterocycles. The zero-order valence-electron chi connectivity index (χ0n) is 11.3. The molecule has 4 nitrogen and oxygen atoms in total. The Hall–Kier alpha value is -1.88. The van der Waals surface area contributed by atoms with Crippen LogP contribution in [0.4, 0.5) is 10.1 Å². The van der Waals surface area contributed by atoms with E-state index in [0.29, 0.717) is 24.6 Å². The third-order valence-corrected chi connectivity index (χ3v) is 2.59. The second-order valence-electron chi connectivity index (χ2n) is 3.99. The smallest absolute Gasteiger partial charge is 0.152 e. The Balaban J connectivity index is 3.03. The molecule has 19 heavy (non-hydrogen) atoms. The Morgan fingerprint density at radius 1 is 1.47 bits per heavy atom. The van der Waals surface area contributed by atoms with Crippen LogP contribution in [0.25, 0.3) is 0 Å². The molecule has 0 aliphatic rings. The lowest BCUT2D eigenvalue weighted by Crippen LogP contribution is -2.17. The van der Waals surface area contributed by atoms with Gasteiger partial charge in [0.1, 0.15) is 17.3 Å². The normalized spacial score (nSPS) is 12.6. The first-order valence-electron chi connectivity index (χ1n) is 6.19. The van der Waals surface area contributed by atoms with Gasteiger partial charge in [-0.2, -0.15) is 0 Å². The van der Waals surface area contributed by atoms with Crippen molar-refractivity contribution in [1.29, 1.82) is 0 Å². The summed E-state index contributed by atoms with van der Waals surface area (Å²) in [6.45, 7) is 2.48. The average Bonchev–Trinajstić information content (AvgIpc) is 2.40. The van der Waals surface area contributed by atoms with Gasteiger partial charge in [-0.25, -0.2) is 9.38 Å². The van der Waals surface area contributed by atoms with Crippen molar-refractivity contribution >= 4 is 11.5 Å². The van der Waals surface area contributed by atoms with Crippen LogP contribution in [0.2, 0.25) is 0 Å². The molecule has 0 unspecified atom stereocenters. The lowest BCUT2D eigenvalue weighted by atomic mass is 10.1. The second-order valence-corrected chi connectivity index (χ2v) is 3.99. The van der Waals surface area contributed by atoms with E-state index in [9.17, 15) is 4.39 Å². The van der Waals surface area contributed by atoms with Crippen molar-refractivity contribution in [3.05, 3.63) is 35.7 Å². The molecule has 0 bridgehead atoms. The summed E-state index contributed by atoms with van der Waals surface area (Å²) < 4.78 is 18.7. The molecule has 0 radical (unpaired) electrons. The van der Waals surface area contributed by atoms with Gasteiger partial charge in [-0.15, -0.1) is 0 Å². The molecule has 5 heteroatoms. The fourth-order valence-electron chi connectivity index (χ4n) is 1.64. The van der Waals surface area contributed by atoms with Gasteiger partial charge in [0.25, 0.3) is 0 Å². The number of ether oxygens (including phenoxy) is 1. The largest absolute Gasteiger partial charge is 0.497 e. The number of hydrogen-bond donors (Lipinski definition) is 2. The molecule has 1 aromatic rings. The van der Waals surface area contributed by atoms with E-state index in [1.165, 1.54) is 19.2 Å². The van der Waals surface area contributed by atoms with E-state index in [1.807, 2.05) is 13.0 Å². The van der Waals surface area contributed by atoms with E-state index < -0.39 is 5.82 Å². The van der Waals surface area contributed by atoms with Gasteiger partial charge in [0.15, 0.2) is 5.82 Å². The molecule has 0 saturated heterocycles. The number of methoxy groups -OCH3 is 1. The summed E-state index contributed by atoms with van der Waals surface area (Å²) >= 11 is 0. The fraction of sp³-hybridized carbons (Fsp3) is 0.357. The van der Waals surface area contributed by atoms with Gasteiger partial charge in [0, 0.05) is 6.07 Å². The Labute approximate surface area is 113 Å². The number of rotatable bonds is 6. The van der Waals surface area contributed by atoms with E-state index in [0.717, 1.165) is 12.0 Å². The van der Waals surface area contributed by atoms with Gasteiger partial charge in [-0.1, -0.05) is 13.0 Å². The zero-order valence-corrected chi connectivity index (χ0v) is 11.3. The van der Waals surface area contributed by atoms with Gasteiger partial charge in [0.2, 0.25) is 0 Å². The zero-order chi connectivity index (χ0) is 14.3. The Bertz CT molecular complexity index is 484. The number of hydrogen-bond acceptors (Lipinski definition) is 3. The highest BCUT2D eigenvalue weighted by molar-refractivity contribution is 5.98. The summed E-state index contributed by atoms with van der Waals surface area (Å²) in [6, 6.07) is 4.45. The summed E-state index contributed by atoms with van der Waals surface area (Å²) in [5.41, 5.74) is 12.4. The quantitative estimate of drug-likeness (QED) is 0.613. The molecule has 0 fully saturated rings. The van der Waals surface area contributed by atoms with E-state index in [4.69, 9.17) is 16.2 Å². The van der Waals surface area contributed by atoms with Crippen molar-refractivity contribution in [2.45, 2.75) is 19.8 Å². The van der Waals surface area contributed by atoms with Crippen LogP contribution >= 0.6 is 0 Å². The summed E-state index contributed by atoms with van der Waals surface area (Å²) in [5.74, 6) is 0.281. The summed E-state index contributed by atoms with van der Waals surface area (Å²) in [7, 11) is 1.48. The molecular formula is C14H20FN3O. The molecule has 0 spiro atoms. The molecule has 0 aliphatic heterocycles. The first kappa shape index (κ1) is 15.2. The molecular weight excluding hydrogens is 245 g/mol. The van der Waals surface area contributed by atoms with Crippen molar-refractivity contribution < 1.29 is 9.13 Å². The maximum Gasteiger partial charge on any atom is 0.152 e. The highest BCUT2D eigenvalue weighted by atomic mass is 19.1. The third-order valence-electron chi connectivity index (χ3n) is 2.59. The van der Waals surface area contributed by atoms with Crippen LogP contribution in [0.5, 0.6) is 5.75 Å². The van der Waals surface area contributed by atoms with Crippen LogP contribution in [0.15, 0.2) is 34.8 Å². The number of benzene rings is 1. The molecule has 104 valence electrons. The predicted molar refractivity (Wildman–Crippen MR) is 76.3 cm³/mol. The Morgan fingerprint density at radius 2 is 2.21 bits per heavy atom. The van der Waals surface area contributed by atoms with Crippen LogP contribution in [0, 0.1) is 5.82 Å². The third kappa shape index (κ3) is 4.37. The Kier molecular flexibility index (Phi) is 6.02. The van der Waals surface area contributed by atoms with Crippen LogP contribution in [-0.2, 0) is 0 Å². The fourth-order valence-corrected chi connectivity index (χ4v) is 1.64. The monoisotopic (exact) mass is 265 g/mol. The minimum Gasteiger partial charge on any atom is -0.497 e. The number of aliphatic imine (C=N–C) groups is 1. The highest BCUT2D eigenvalue weighted by Gasteiger charge is 2.06. The van der Waals surface area contributed by atoms with Crippen molar-refractivity contribution in [2.75, 3.05) is 13.7 Å². The summed E-state index contributed by atoms with van der Waals surface area (Å²) in [6.07, 6.45) is 3.41. The lowest BCUT2D eigenvalue weighted by Gasteiger charge is -2.07. The standard InChI is InChI=1S/C14H20FN3O/c1-3-4-10(7-8-16)14(17)18-13-6-5-11(19-2)9-12(13)15/h4-6,9H,3,7-8,16H2,1-2H3,(H2,17,18)/b10-4+. The number of halogens is 1. The number of nitrogens with zero attached hydrogens (tertiary/aromatic N) is 1. The predicted octanol–water partition coefficient (Wildman–Crippen LogP) is 2.51. The van der Waals surface area contributed by atoms with Crippen molar-refractivity contribution in [3.63, 3.8) is 0 Å². The summed E-state index contributed by atoms with van der Waals surface area (Å²) in [5, 5.41) is 0. The topological polar surface area (TPSA) is 73.6 Å². The van der Waals surface area contributed by atoms with Gasteiger partial charge in [0.05, 0.1) is 7.11 Å². The lowest BCUT2D eigenvalue weighted by molar-refractivity contribution is 0.411. The van der Waals surface area contributed by atoms with E-state index in [-0.39, 0.29) is 5.69 Å². The SMILES string of the molecule is CC/C=C(\CCN)C(N)=Nc1ccc(OC)cc1F. The Morgan fingerprint density at radius 3 is 2.74 bits per heavy atom. The average molecular weight is 265 g/mol. The molecule has 1 aromatic carbocycles. The van der Waals surface area contributed by atoms with E-state index in [1.54, 1.807) is 6.07 Å². The van der Waals surface area contributed by atoms with Crippen molar-refractivity contribution in [2.24, 2.45) is 16.5 Å². The number of allylic oxidation sites excluding steroid dienone is 1. The summed E-state index contributed by atoms with van der Waals surface area (Å²) in [4.78, 5) is 4.11. The van der Waals surface area contributed by atoms with Crippen molar-refractivity contribution in [3.8, 4) is 5.75 Å². The van der Waals surface area contributed by atoms with Crippen LogP contribution < -0.4 is 16.2 Å². The van der Waals surface area contributed by atoms with Gasteiger partial charge >= 0.3 is 0 Å². The van der Waals surface area contributed by atoms with Crippen molar-refractivity contribution in [1.82, 2.24) is 0 Å². The van der Waals surface area contributed by atoms with Crippen LogP contribution in [0.1, 0.15) is 19.8 Å². The number of amidine groups is 1. The first-order valence-corrected chi connectivity index (χ1v) is 6.19.